The largest absolute Gasteiger partial charge is 0.419 e. The number of nitrogens with one attached hydrogen (secondary N) is 1. The fourth-order valence-corrected chi connectivity index (χ4v) is 3.60. The average Bonchev–Trinajstić information content (AvgIpc) is 3.08. The van der Waals surface area contributed by atoms with Crippen LogP contribution in [0.1, 0.15) is 90.7 Å². The van der Waals surface area contributed by atoms with Gasteiger partial charge in [-0.3, -0.25) is 0 Å². The van der Waals surface area contributed by atoms with Crippen molar-refractivity contribution in [2.45, 2.75) is 97.1 Å². The summed E-state index contributed by atoms with van der Waals surface area (Å²) >= 11 is 0. The average molecular weight is 370 g/mol. The Balaban J connectivity index is 1.82. The third kappa shape index (κ3) is 5.19. The Hall–Kier alpha value is -1.68. The first-order chi connectivity index (χ1) is 12.6. The van der Waals surface area contributed by atoms with E-state index in [4.69, 9.17) is 4.42 Å². The van der Waals surface area contributed by atoms with E-state index in [1.807, 2.05) is 0 Å². The van der Waals surface area contributed by atoms with Crippen molar-refractivity contribution in [2.75, 3.05) is 0 Å². The summed E-state index contributed by atoms with van der Waals surface area (Å²) in [5.41, 5.74) is 3.75. The van der Waals surface area contributed by atoms with Crippen LogP contribution < -0.4 is 5.32 Å². The molecule has 1 fully saturated rings. The molecule has 0 unspecified atom stereocenters. The molecular formula is C23H35N3O. The molecule has 4 heteroatoms. The monoisotopic (exact) mass is 369 g/mol. The van der Waals surface area contributed by atoms with Crippen LogP contribution in [0.5, 0.6) is 0 Å². The van der Waals surface area contributed by atoms with Crippen LogP contribution in [0.2, 0.25) is 0 Å². The third-order valence-electron chi connectivity index (χ3n) is 5.53. The Bertz CT molecular complexity index is 726. The van der Waals surface area contributed by atoms with Gasteiger partial charge in [0, 0.05) is 11.6 Å². The highest BCUT2D eigenvalue weighted by atomic mass is 16.4. The number of aromatic nitrogens is 2. The van der Waals surface area contributed by atoms with Crippen LogP contribution in [0.15, 0.2) is 22.6 Å². The van der Waals surface area contributed by atoms with Crippen LogP contribution in [0, 0.1) is 0 Å². The molecule has 1 aliphatic rings. The Kier molecular flexibility index (Phi) is 5.76. The molecular weight excluding hydrogens is 334 g/mol. The van der Waals surface area contributed by atoms with Crippen molar-refractivity contribution in [1.82, 2.24) is 15.5 Å². The maximum atomic E-state index is 6.01. The van der Waals surface area contributed by atoms with Crippen molar-refractivity contribution >= 4 is 0 Å². The van der Waals surface area contributed by atoms with Gasteiger partial charge in [0.05, 0.1) is 6.54 Å². The predicted molar refractivity (Wildman–Crippen MR) is 111 cm³/mol. The van der Waals surface area contributed by atoms with Gasteiger partial charge < -0.3 is 9.73 Å². The van der Waals surface area contributed by atoms with Gasteiger partial charge in [-0.2, -0.15) is 0 Å². The second-order valence-corrected chi connectivity index (χ2v) is 10.0. The lowest BCUT2D eigenvalue weighted by Crippen LogP contribution is -2.30. The highest BCUT2D eigenvalue weighted by molar-refractivity contribution is 5.57. The number of benzene rings is 1. The van der Waals surface area contributed by atoms with Crippen LogP contribution in [0.4, 0.5) is 0 Å². The third-order valence-corrected chi connectivity index (χ3v) is 5.53. The van der Waals surface area contributed by atoms with E-state index in [1.165, 1.54) is 43.2 Å². The molecule has 1 heterocycles. The summed E-state index contributed by atoms with van der Waals surface area (Å²) < 4.78 is 6.01. The van der Waals surface area contributed by atoms with E-state index < -0.39 is 0 Å². The molecule has 1 aromatic heterocycles. The molecule has 4 nitrogen and oxygen atoms in total. The standard InChI is InChI=1S/C23H35N3O/c1-22(2,3)17-12-16(13-18(14-17)23(4,5)6)21-26-25-20(27-21)15-24-19-10-8-7-9-11-19/h12-14,19,24H,7-11,15H2,1-6H3. The molecule has 0 spiro atoms. The van der Waals surface area contributed by atoms with Gasteiger partial charge in [0.15, 0.2) is 0 Å². The van der Waals surface area contributed by atoms with E-state index in [2.05, 4.69) is 75.3 Å². The van der Waals surface area contributed by atoms with Crippen LogP contribution >= 0.6 is 0 Å². The molecule has 1 aromatic carbocycles. The van der Waals surface area contributed by atoms with Crippen molar-refractivity contribution in [3.8, 4) is 11.5 Å². The maximum absolute atomic E-state index is 6.01. The molecule has 0 radical (unpaired) electrons. The number of rotatable bonds is 4. The van der Waals surface area contributed by atoms with Crippen molar-refractivity contribution in [3.05, 3.63) is 35.2 Å². The summed E-state index contributed by atoms with van der Waals surface area (Å²) in [7, 11) is 0. The van der Waals surface area contributed by atoms with Crippen molar-refractivity contribution in [1.29, 1.82) is 0 Å². The number of nitrogens with zero attached hydrogens (tertiary/aromatic N) is 2. The molecule has 1 N–H and O–H groups in total. The molecule has 2 aromatic rings. The van der Waals surface area contributed by atoms with Crippen LogP contribution in [-0.2, 0) is 17.4 Å². The zero-order valence-corrected chi connectivity index (χ0v) is 17.9. The lowest BCUT2D eigenvalue weighted by atomic mass is 9.79. The minimum atomic E-state index is 0.0708. The first kappa shape index (κ1) is 20.1. The minimum Gasteiger partial charge on any atom is -0.419 e. The lowest BCUT2D eigenvalue weighted by molar-refractivity contribution is 0.354. The van der Waals surface area contributed by atoms with Crippen LogP contribution in [0.3, 0.4) is 0 Å². The molecule has 0 saturated heterocycles. The van der Waals surface area contributed by atoms with Crippen LogP contribution in [-0.4, -0.2) is 16.2 Å². The molecule has 0 amide bonds. The van der Waals surface area contributed by atoms with Gasteiger partial charge in [-0.15, -0.1) is 10.2 Å². The van der Waals surface area contributed by atoms with Gasteiger partial charge in [-0.25, -0.2) is 0 Å². The van der Waals surface area contributed by atoms with E-state index in [0.717, 1.165) is 5.56 Å². The summed E-state index contributed by atoms with van der Waals surface area (Å²) in [5, 5.41) is 12.2. The molecule has 0 bridgehead atoms. The second-order valence-electron chi connectivity index (χ2n) is 10.0. The van der Waals surface area contributed by atoms with E-state index in [-0.39, 0.29) is 10.8 Å². The summed E-state index contributed by atoms with van der Waals surface area (Å²) in [6, 6.07) is 7.29. The molecule has 1 saturated carbocycles. The number of hydrogen-bond acceptors (Lipinski definition) is 4. The van der Waals surface area contributed by atoms with Gasteiger partial charge >= 0.3 is 0 Å². The smallest absolute Gasteiger partial charge is 0.247 e. The summed E-state index contributed by atoms with van der Waals surface area (Å²) in [6.45, 7) is 14.1. The molecule has 0 atom stereocenters. The zero-order valence-electron chi connectivity index (χ0n) is 17.9. The quantitative estimate of drug-likeness (QED) is 0.745. The Morgan fingerprint density at radius 1 is 0.889 bits per heavy atom. The highest BCUT2D eigenvalue weighted by Gasteiger charge is 2.22. The maximum Gasteiger partial charge on any atom is 0.247 e. The van der Waals surface area contributed by atoms with Gasteiger partial charge in [-0.1, -0.05) is 66.9 Å². The van der Waals surface area contributed by atoms with E-state index >= 15 is 0 Å². The van der Waals surface area contributed by atoms with Gasteiger partial charge in [-0.05, 0) is 46.9 Å². The van der Waals surface area contributed by atoms with Crippen LogP contribution in [0.25, 0.3) is 11.5 Å². The Labute approximate surface area is 164 Å². The summed E-state index contributed by atoms with van der Waals surface area (Å²) in [4.78, 5) is 0. The van der Waals surface area contributed by atoms with Gasteiger partial charge in [0.1, 0.15) is 0 Å². The predicted octanol–water partition coefficient (Wildman–Crippen LogP) is 5.75. The van der Waals surface area contributed by atoms with Gasteiger partial charge in [0.25, 0.3) is 0 Å². The Morgan fingerprint density at radius 3 is 2.04 bits per heavy atom. The fraction of sp³-hybridized carbons (Fsp3) is 0.652. The fourth-order valence-electron chi connectivity index (χ4n) is 3.60. The van der Waals surface area contributed by atoms with E-state index in [9.17, 15) is 0 Å². The lowest BCUT2D eigenvalue weighted by Gasteiger charge is -2.25. The molecule has 0 aliphatic heterocycles. The second kappa shape index (κ2) is 7.75. The zero-order chi connectivity index (χ0) is 19.7. The van der Waals surface area contributed by atoms with E-state index in [1.54, 1.807) is 0 Å². The molecule has 148 valence electrons. The minimum absolute atomic E-state index is 0.0708. The van der Waals surface area contributed by atoms with Gasteiger partial charge in [0.2, 0.25) is 11.8 Å². The summed E-state index contributed by atoms with van der Waals surface area (Å²) in [6.07, 6.45) is 6.51. The number of hydrogen-bond donors (Lipinski definition) is 1. The first-order valence-electron chi connectivity index (χ1n) is 10.3. The molecule has 1 aliphatic carbocycles. The normalized spacial score (nSPS) is 16.7. The highest BCUT2D eigenvalue weighted by Crippen LogP contribution is 2.33. The van der Waals surface area contributed by atoms with Crippen molar-refractivity contribution in [2.24, 2.45) is 0 Å². The summed E-state index contributed by atoms with van der Waals surface area (Å²) in [5.74, 6) is 1.29. The van der Waals surface area contributed by atoms with Crippen molar-refractivity contribution in [3.63, 3.8) is 0 Å². The van der Waals surface area contributed by atoms with Crippen molar-refractivity contribution < 1.29 is 4.42 Å². The molecule has 27 heavy (non-hydrogen) atoms. The Morgan fingerprint density at radius 2 is 1.48 bits per heavy atom. The first-order valence-corrected chi connectivity index (χ1v) is 10.3. The molecule has 3 rings (SSSR count). The van der Waals surface area contributed by atoms with E-state index in [0.29, 0.717) is 24.4 Å². The topological polar surface area (TPSA) is 51.0 Å². The SMILES string of the molecule is CC(C)(C)c1cc(-c2nnc(CNC3CCCCC3)o2)cc(C(C)(C)C)c1.